The second kappa shape index (κ2) is 9.03. The molecule has 34 heavy (non-hydrogen) atoms. The molecule has 168 valence electrons. The van der Waals surface area contributed by atoms with Crippen LogP contribution in [-0.4, -0.2) is 21.3 Å². The fourth-order valence-corrected chi connectivity index (χ4v) is 4.90. The number of fused-ring (bicyclic) bond motifs is 2. The second-order valence-corrected chi connectivity index (χ2v) is 8.96. The van der Waals surface area contributed by atoms with Crippen molar-refractivity contribution >= 4 is 44.1 Å². The van der Waals surface area contributed by atoms with Crippen molar-refractivity contribution in [3.05, 3.63) is 111 Å². The minimum Gasteiger partial charge on any atom is -0.457 e. The van der Waals surface area contributed by atoms with E-state index in [-0.39, 0.29) is 24.5 Å². The lowest BCUT2D eigenvalue weighted by molar-refractivity contribution is 0.0477. The van der Waals surface area contributed by atoms with Crippen LogP contribution >= 0.6 is 11.3 Å². The number of Topliss-reactive ketones (excluding diaryl/α,β-unsaturated/α-hetero) is 1. The van der Waals surface area contributed by atoms with Crippen LogP contribution in [0, 0.1) is 6.92 Å². The summed E-state index contributed by atoms with van der Waals surface area (Å²) in [6.45, 7) is 1.71. The van der Waals surface area contributed by atoms with Gasteiger partial charge >= 0.3 is 5.97 Å². The third-order valence-corrected chi connectivity index (χ3v) is 6.88. The number of hydrogen-bond donors (Lipinski definition) is 0. The Morgan fingerprint density at radius 2 is 1.71 bits per heavy atom. The van der Waals surface area contributed by atoms with E-state index in [1.165, 1.54) is 10.9 Å². The standard InChI is InChI=1S/C27H20N2O4S/c1-17-23-25(34-24(17)27(32)33-15-18-7-3-2-4-8-18)28-16-29(26(23)31)14-22(30)21-12-11-19-9-5-6-10-20(19)13-21/h2-13,16H,14-15H2,1H3. The van der Waals surface area contributed by atoms with Gasteiger partial charge in [-0.2, -0.15) is 0 Å². The molecule has 6 nitrogen and oxygen atoms in total. The van der Waals surface area contributed by atoms with Crippen LogP contribution in [0.1, 0.15) is 31.2 Å². The molecule has 5 rings (SSSR count). The third kappa shape index (κ3) is 4.13. The molecular formula is C27H20N2O4S. The maximum absolute atomic E-state index is 13.2. The lowest BCUT2D eigenvalue weighted by Gasteiger charge is -2.06. The lowest BCUT2D eigenvalue weighted by atomic mass is 10.0. The predicted molar refractivity (Wildman–Crippen MR) is 132 cm³/mol. The summed E-state index contributed by atoms with van der Waals surface area (Å²) < 4.78 is 6.72. The largest absolute Gasteiger partial charge is 0.457 e. The van der Waals surface area contributed by atoms with Crippen LogP contribution in [0.3, 0.4) is 0 Å². The van der Waals surface area contributed by atoms with Crippen molar-refractivity contribution in [2.45, 2.75) is 20.1 Å². The highest BCUT2D eigenvalue weighted by atomic mass is 32.1. The van der Waals surface area contributed by atoms with Crippen LogP contribution in [0.25, 0.3) is 21.0 Å². The van der Waals surface area contributed by atoms with Crippen LogP contribution < -0.4 is 5.56 Å². The number of aryl methyl sites for hydroxylation is 1. The fourth-order valence-electron chi connectivity index (χ4n) is 3.86. The van der Waals surface area contributed by atoms with Gasteiger partial charge in [0.1, 0.15) is 16.3 Å². The molecule has 0 aliphatic heterocycles. The van der Waals surface area contributed by atoms with E-state index in [0.29, 0.717) is 26.2 Å². The first-order valence-corrected chi connectivity index (χ1v) is 11.5. The summed E-state index contributed by atoms with van der Waals surface area (Å²) in [4.78, 5) is 43.9. The number of carbonyl (C=O) groups excluding carboxylic acids is 2. The van der Waals surface area contributed by atoms with Gasteiger partial charge in [-0.25, -0.2) is 9.78 Å². The summed E-state index contributed by atoms with van der Waals surface area (Å²) in [5.41, 5.74) is 1.57. The fraction of sp³-hybridized carbons (Fsp3) is 0.111. The molecule has 0 saturated carbocycles. The van der Waals surface area contributed by atoms with E-state index >= 15 is 0 Å². The smallest absolute Gasteiger partial charge is 0.349 e. The first-order chi connectivity index (χ1) is 16.5. The Hall–Kier alpha value is -4.10. The molecule has 0 spiro atoms. The van der Waals surface area contributed by atoms with Crippen molar-refractivity contribution in [2.24, 2.45) is 0 Å². The number of ketones is 1. The van der Waals surface area contributed by atoms with Gasteiger partial charge < -0.3 is 4.74 Å². The van der Waals surface area contributed by atoms with Crippen LogP contribution in [0.4, 0.5) is 0 Å². The van der Waals surface area contributed by atoms with Crippen LogP contribution in [0.15, 0.2) is 83.9 Å². The second-order valence-electron chi connectivity index (χ2n) is 7.96. The maximum atomic E-state index is 13.2. The van der Waals surface area contributed by atoms with Crippen molar-refractivity contribution in [1.82, 2.24) is 9.55 Å². The summed E-state index contributed by atoms with van der Waals surface area (Å²) in [6.07, 6.45) is 1.36. The number of aromatic nitrogens is 2. The Balaban J connectivity index is 1.40. The van der Waals surface area contributed by atoms with Crippen molar-refractivity contribution < 1.29 is 14.3 Å². The Kier molecular flexibility index (Phi) is 5.77. The maximum Gasteiger partial charge on any atom is 0.349 e. The Bertz CT molecular complexity index is 1600. The molecule has 0 bridgehead atoms. The zero-order valence-electron chi connectivity index (χ0n) is 18.4. The van der Waals surface area contributed by atoms with Gasteiger partial charge in [-0.3, -0.25) is 14.2 Å². The number of benzene rings is 3. The zero-order valence-corrected chi connectivity index (χ0v) is 19.2. The Labute approximate surface area is 199 Å². The molecule has 0 N–H and O–H groups in total. The quantitative estimate of drug-likeness (QED) is 0.254. The lowest BCUT2D eigenvalue weighted by Crippen LogP contribution is -2.24. The Morgan fingerprint density at radius 3 is 2.50 bits per heavy atom. The minimum atomic E-state index is -0.498. The molecular weight excluding hydrogens is 448 g/mol. The van der Waals surface area contributed by atoms with Gasteiger partial charge in [0.2, 0.25) is 0 Å². The SMILES string of the molecule is Cc1c(C(=O)OCc2ccccc2)sc2ncn(CC(=O)c3ccc4ccccc4c3)c(=O)c12. The molecule has 2 aromatic heterocycles. The van der Waals surface area contributed by atoms with Gasteiger partial charge in [-0.1, -0.05) is 66.7 Å². The zero-order chi connectivity index (χ0) is 23.7. The first kappa shape index (κ1) is 21.7. The summed E-state index contributed by atoms with van der Waals surface area (Å²) in [6, 6.07) is 22.6. The number of thiophene rings is 1. The van der Waals surface area contributed by atoms with E-state index in [1.54, 1.807) is 13.0 Å². The minimum absolute atomic E-state index is 0.136. The van der Waals surface area contributed by atoms with Crippen LogP contribution in [-0.2, 0) is 17.9 Å². The number of ether oxygens (including phenoxy) is 1. The average molecular weight is 469 g/mol. The highest BCUT2D eigenvalue weighted by Gasteiger charge is 2.21. The van der Waals surface area contributed by atoms with Gasteiger partial charge in [-0.15, -0.1) is 11.3 Å². The highest BCUT2D eigenvalue weighted by molar-refractivity contribution is 7.20. The number of hydrogen-bond acceptors (Lipinski definition) is 6. The molecule has 0 atom stereocenters. The van der Waals surface area contributed by atoms with Gasteiger partial charge in [-0.05, 0) is 34.9 Å². The summed E-state index contributed by atoms with van der Waals surface area (Å²) in [5.74, 6) is -0.688. The highest BCUT2D eigenvalue weighted by Crippen LogP contribution is 2.28. The van der Waals surface area contributed by atoms with Crippen molar-refractivity contribution in [3.63, 3.8) is 0 Å². The van der Waals surface area contributed by atoms with Crippen LogP contribution in [0.5, 0.6) is 0 Å². The van der Waals surface area contributed by atoms with Crippen molar-refractivity contribution in [3.8, 4) is 0 Å². The summed E-state index contributed by atoms with van der Waals surface area (Å²) in [7, 11) is 0. The van der Waals surface area contributed by atoms with Crippen molar-refractivity contribution in [2.75, 3.05) is 0 Å². The molecule has 7 heteroatoms. The molecule has 0 radical (unpaired) electrons. The van der Waals surface area contributed by atoms with E-state index in [0.717, 1.165) is 27.7 Å². The van der Waals surface area contributed by atoms with E-state index in [4.69, 9.17) is 4.74 Å². The molecule has 0 saturated heterocycles. The van der Waals surface area contributed by atoms with Crippen molar-refractivity contribution in [1.29, 1.82) is 0 Å². The molecule has 5 aromatic rings. The number of carbonyl (C=O) groups is 2. The van der Waals surface area contributed by atoms with E-state index < -0.39 is 5.97 Å². The average Bonchev–Trinajstić information content (AvgIpc) is 3.21. The topological polar surface area (TPSA) is 78.3 Å². The van der Waals surface area contributed by atoms with E-state index in [2.05, 4.69) is 4.98 Å². The molecule has 0 amide bonds. The van der Waals surface area contributed by atoms with Gasteiger partial charge in [0.15, 0.2) is 5.78 Å². The van der Waals surface area contributed by atoms with Gasteiger partial charge in [0.25, 0.3) is 5.56 Å². The number of nitrogens with zero attached hydrogens (tertiary/aromatic N) is 2. The van der Waals surface area contributed by atoms with Gasteiger partial charge in [0.05, 0.1) is 18.3 Å². The Morgan fingerprint density at radius 1 is 0.971 bits per heavy atom. The first-order valence-electron chi connectivity index (χ1n) is 10.7. The molecule has 0 aliphatic rings. The third-order valence-electron chi connectivity index (χ3n) is 5.70. The molecule has 3 aromatic carbocycles. The number of esters is 1. The molecule has 0 aliphatic carbocycles. The van der Waals surface area contributed by atoms with Gasteiger partial charge in [0, 0.05) is 5.56 Å². The molecule has 2 heterocycles. The molecule has 0 fully saturated rings. The van der Waals surface area contributed by atoms with Crippen LogP contribution in [0.2, 0.25) is 0 Å². The molecule has 0 unspecified atom stereocenters. The predicted octanol–water partition coefficient (Wildman–Crippen LogP) is 5.16. The monoisotopic (exact) mass is 468 g/mol. The normalized spacial score (nSPS) is 11.1. The van der Waals surface area contributed by atoms with E-state index in [1.807, 2.05) is 66.7 Å². The van der Waals surface area contributed by atoms with E-state index in [9.17, 15) is 14.4 Å². The summed E-state index contributed by atoms with van der Waals surface area (Å²) >= 11 is 1.12. The number of rotatable bonds is 6. The summed E-state index contributed by atoms with van der Waals surface area (Å²) in [5, 5.41) is 2.34.